The lowest BCUT2D eigenvalue weighted by Gasteiger charge is -2.22. The van der Waals surface area contributed by atoms with Crippen LogP contribution in [-0.2, 0) is 9.53 Å². The van der Waals surface area contributed by atoms with E-state index in [0.717, 1.165) is 18.4 Å². The van der Waals surface area contributed by atoms with Gasteiger partial charge in [0.1, 0.15) is 5.82 Å². The number of carbonyl (C=O) groups is 1. The maximum Gasteiger partial charge on any atom is 0.220 e. The summed E-state index contributed by atoms with van der Waals surface area (Å²) in [6.07, 6.45) is 6.37. The van der Waals surface area contributed by atoms with Gasteiger partial charge in [0.05, 0.1) is 6.10 Å². The van der Waals surface area contributed by atoms with Crippen LogP contribution in [-0.4, -0.2) is 19.6 Å². The monoisotopic (exact) mass is 293 g/mol. The van der Waals surface area contributed by atoms with Gasteiger partial charge in [0.2, 0.25) is 5.91 Å². The first kappa shape index (κ1) is 16.0. The number of benzene rings is 1. The maximum absolute atomic E-state index is 13.2. The van der Waals surface area contributed by atoms with E-state index in [1.807, 2.05) is 6.07 Å². The molecule has 1 aliphatic rings. The number of halogens is 1. The first-order valence-corrected chi connectivity index (χ1v) is 7.74. The second-order valence-corrected chi connectivity index (χ2v) is 5.79. The van der Waals surface area contributed by atoms with E-state index in [0.29, 0.717) is 18.9 Å². The Kier molecular flexibility index (Phi) is 6.18. The van der Waals surface area contributed by atoms with Crippen LogP contribution < -0.4 is 5.32 Å². The first-order valence-electron chi connectivity index (χ1n) is 7.74. The molecular weight excluding hydrogens is 269 g/mol. The molecule has 3 nitrogen and oxygen atoms in total. The lowest BCUT2D eigenvalue weighted by Crippen LogP contribution is -2.30. The molecule has 0 spiro atoms. The maximum atomic E-state index is 13.2. The Labute approximate surface area is 125 Å². The Morgan fingerprint density at radius 3 is 2.81 bits per heavy atom. The molecule has 0 heterocycles. The minimum atomic E-state index is -0.309. The van der Waals surface area contributed by atoms with E-state index < -0.39 is 0 Å². The Morgan fingerprint density at radius 2 is 2.14 bits per heavy atom. The van der Waals surface area contributed by atoms with Gasteiger partial charge in [0.25, 0.3) is 0 Å². The van der Waals surface area contributed by atoms with Crippen molar-refractivity contribution >= 4 is 5.91 Å². The van der Waals surface area contributed by atoms with Gasteiger partial charge in [0.15, 0.2) is 0 Å². The van der Waals surface area contributed by atoms with Crippen LogP contribution in [0.2, 0.25) is 0 Å². The Hall–Kier alpha value is -1.42. The highest BCUT2D eigenvalue weighted by Crippen LogP contribution is 2.26. The van der Waals surface area contributed by atoms with Gasteiger partial charge in [-0.25, -0.2) is 4.39 Å². The summed E-state index contributed by atoms with van der Waals surface area (Å²) in [5.74, 6) is 0.303. The molecule has 1 saturated carbocycles. The predicted octanol–water partition coefficient (Wildman–Crippen LogP) is 3.60. The van der Waals surface area contributed by atoms with Gasteiger partial charge in [-0.2, -0.15) is 0 Å². The summed E-state index contributed by atoms with van der Waals surface area (Å²) in [4.78, 5) is 12.0. The molecule has 116 valence electrons. The van der Waals surface area contributed by atoms with Crippen LogP contribution in [0.3, 0.4) is 0 Å². The number of rotatable bonds is 6. The number of methoxy groups -OCH3 is 1. The van der Waals surface area contributed by atoms with E-state index in [2.05, 4.69) is 5.32 Å². The van der Waals surface area contributed by atoms with Crippen molar-refractivity contribution in [2.24, 2.45) is 5.92 Å². The zero-order chi connectivity index (χ0) is 15.1. The molecule has 0 radical (unpaired) electrons. The fourth-order valence-corrected chi connectivity index (χ4v) is 2.98. The predicted molar refractivity (Wildman–Crippen MR) is 80.4 cm³/mol. The van der Waals surface area contributed by atoms with Crippen molar-refractivity contribution in [3.8, 4) is 0 Å². The van der Waals surface area contributed by atoms with E-state index in [4.69, 9.17) is 4.74 Å². The minimum Gasteiger partial charge on any atom is -0.375 e. The van der Waals surface area contributed by atoms with Crippen molar-refractivity contribution in [1.29, 1.82) is 0 Å². The number of nitrogens with one attached hydrogen (secondary N) is 1. The number of carbonyl (C=O) groups excluding carboxylic acids is 1. The third-order valence-corrected chi connectivity index (χ3v) is 4.19. The van der Waals surface area contributed by atoms with E-state index in [-0.39, 0.29) is 17.8 Å². The molecule has 1 aromatic rings. The van der Waals surface area contributed by atoms with Crippen LogP contribution in [0.1, 0.15) is 50.2 Å². The summed E-state index contributed by atoms with van der Waals surface area (Å²) in [6.45, 7) is 0.380. The van der Waals surface area contributed by atoms with Crippen LogP contribution in [0.4, 0.5) is 4.39 Å². The summed E-state index contributed by atoms with van der Waals surface area (Å²) in [7, 11) is 1.57. The average Bonchev–Trinajstić information content (AvgIpc) is 2.49. The normalized spacial score (nSPS) is 17.4. The number of hydrogen-bond donors (Lipinski definition) is 1. The highest BCUT2D eigenvalue weighted by atomic mass is 19.1. The summed E-state index contributed by atoms with van der Waals surface area (Å²) in [5, 5.41) is 2.91. The van der Waals surface area contributed by atoms with E-state index in [1.165, 1.54) is 31.4 Å². The van der Waals surface area contributed by atoms with Gasteiger partial charge >= 0.3 is 0 Å². The minimum absolute atomic E-state index is 0.0698. The smallest absolute Gasteiger partial charge is 0.220 e. The quantitative estimate of drug-likeness (QED) is 0.870. The van der Waals surface area contributed by atoms with Gasteiger partial charge < -0.3 is 10.1 Å². The fraction of sp³-hybridized carbons (Fsp3) is 0.588. The number of ether oxygens (including phenoxy) is 1. The van der Waals surface area contributed by atoms with Crippen molar-refractivity contribution in [3.63, 3.8) is 0 Å². The Bertz CT molecular complexity index is 458. The van der Waals surface area contributed by atoms with Gasteiger partial charge in [-0.3, -0.25) is 4.79 Å². The summed E-state index contributed by atoms with van der Waals surface area (Å²) in [5.41, 5.74) is 0.746. The topological polar surface area (TPSA) is 38.3 Å². The largest absolute Gasteiger partial charge is 0.375 e. The molecule has 1 atom stereocenters. The highest BCUT2D eigenvalue weighted by molar-refractivity contribution is 5.76. The fourth-order valence-electron chi connectivity index (χ4n) is 2.98. The molecule has 1 amide bonds. The molecule has 2 rings (SSSR count). The van der Waals surface area contributed by atoms with E-state index >= 15 is 0 Å². The zero-order valence-electron chi connectivity index (χ0n) is 12.6. The molecule has 4 heteroatoms. The molecule has 0 aliphatic heterocycles. The van der Waals surface area contributed by atoms with Gasteiger partial charge in [-0.05, 0) is 36.5 Å². The van der Waals surface area contributed by atoms with Crippen molar-refractivity contribution < 1.29 is 13.9 Å². The van der Waals surface area contributed by atoms with Crippen molar-refractivity contribution in [2.45, 2.75) is 44.6 Å². The standard InChI is InChI=1S/C17H24FNO2/c1-21-16(14-8-5-9-15(18)11-14)12-19-17(20)10-13-6-3-2-4-7-13/h5,8-9,11,13,16H,2-4,6-7,10,12H2,1H3,(H,19,20). The molecule has 0 saturated heterocycles. The van der Waals surface area contributed by atoms with Gasteiger partial charge in [-0.15, -0.1) is 0 Å². The summed E-state index contributed by atoms with van der Waals surface area (Å²) >= 11 is 0. The molecular formula is C17H24FNO2. The Balaban J connectivity index is 1.80. The number of hydrogen-bond acceptors (Lipinski definition) is 2. The second kappa shape index (κ2) is 8.13. The van der Waals surface area contributed by atoms with Gasteiger partial charge in [0, 0.05) is 20.1 Å². The van der Waals surface area contributed by atoms with Crippen molar-refractivity contribution in [3.05, 3.63) is 35.6 Å². The van der Waals surface area contributed by atoms with Crippen molar-refractivity contribution in [2.75, 3.05) is 13.7 Å². The molecule has 1 N–H and O–H groups in total. The molecule has 1 unspecified atom stereocenters. The number of amides is 1. The summed E-state index contributed by atoms with van der Waals surface area (Å²) < 4.78 is 18.6. The lowest BCUT2D eigenvalue weighted by atomic mass is 9.87. The highest BCUT2D eigenvalue weighted by Gasteiger charge is 2.18. The van der Waals surface area contributed by atoms with E-state index in [9.17, 15) is 9.18 Å². The molecule has 1 fully saturated rings. The zero-order valence-corrected chi connectivity index (χ0v) is 12.6. The van der Waals surface area contributed by atoms with Gasteiger partial charge in [-0.1, -0.05) is 31.4 Å². The van der Waals surface area contributed by atoms with E-state index in [1.54, 1.807) is 13.2 Å². The molecule has 0 aromatic heterocycles. The Morgan fingerprint density at radius 1 is 1.38 bits per heavy atom. The molecule has 21 heavy (non-hydrogen) atoms. The lowest BCUT2D eigenvalue weighted by molar-refractivity contribution is -0.122. The third kappa shape index (κ3) is 5.12. The molecule has 1 aromatic carbocycles. The summed E-state index contributed by atoms with van der Waals surface area (Å²) in [6, 6.07) is 6.31. The van der Waals surface area contributed by atoms with Crippen LogP contribution in [0.15, 0.2) is 24.3 Å². The second-order valence-electron chi connectivity index (χ2n) is 5.79. The van der Waals surface area contributed by atoms with Crippen molar-refractivity contribution in [1.82, 2.24) is 5.32 Å². The van der Waals surface area contributed by atoms with Crippen LogP contribution in [0.5, 0.6) is 0 Å². The van der Waals surface area contributed by atoms with Crippen LogP contribution in [0.25, 0.3) is 0 Å². The molecule has 1 aliphatic carbocycles. The SMILES string of the molecule is COC(CNC(=O)CC1CCCCC1)c1cccc(F)c1. The van der Waals surface area contributed by atoms with Crippen LogP contribution in [0, 0.1) is 11.7 Å². The molecule has 0 bridgehead atoms. The first-order chi connectivity index (χ1) is 10.2. The average molecular weight is 293 g/mol. The van der Waals surface area contributed by atoms with Crippen LogP contribution >= 0.6 is 0 Å². The third-order valence-electron chi connectivity index (χ3n) is 4.19.